The van der Waals surface area contributed by atoms with Crippen LogP contribution in [0.3, 0.4) is 0 Å². The van der Waals surface area contributed by atoms with Gasteiger partial charge in [0.05, 0.1) is 5.92 Å². The summed E-state index contributed by atoms with van der Waals surface area (Å²) in [4.78, 5) is 25.5. The molecule has 0 aromatic heterocycles. The van der Waals surface area contributed by atoms with Gasteiger partial charge in [-0.1, -0.05) is 13.8 Å². The number of halogens is 1. The van der Waals surface area contributed by atoms with Crippen LogP contribution in [0.25, 0.3) is 0 Å². The lowest BCUT2D eigenvalue weighted by Gasteiger charge is -2.17. The van der Waals surface area contributed by atoms with E-state index in [1.807, 2.05) is 13.8 Å². The van der Waals surface area contributed by atoms with E-state index in [1.54, 1.807) is 17.0 Å². The molecule has 2 amide bonds. The van der Waals surface area contributed by atoms with Crippen molar-refractivity contribution in [2.24, 2.45) is 11.8 Å². The number of carbonyl (C=O) groups excluding carboxylic acids is 2. The molecule has 1 aromatic rings. The van der Waals surface area contributed by atoms with Crippen LogP contribution in [0.1, 0.15) is 20.3 Å². The number of hydrogen-bond donors (Lipinski definition) is 1. The highest BCUT2D eigenvalue weighted by atomic mass is 19.1. The standard InChI is InChI=1S/C15H19FN2O2/c1-10(2)8-17-15(20)11-7-14(19)18(9-11)13-5-3-12(16)4-6-13/h3-6,10-11H,7-9H2,1-2H3,(H,17,20)/t11-/m1/s1. The molecule has 4 nitrogen and oxygen atoms in total. The predicted molar refractivity (Wildman–Crippen MR) is 74.7 cm³/mol. The van der Waals surface area contributed by atoms with Crippen LogP contribution in [0.5, 0.6) is 0 Å². The van der Waals surface area contributed by atoms with Crippen molar-refractivity contribution < 1.29 is 14.0 Å². The Kier molecular flexibility index (Phi) is 4.37. The van der Waals surface area contributed by atoms with E-state index >= 15 is 0 Å². The number of anilines is 1. The zero-order chi connectivity index (χ0) is 14.7. The van der Waals surface area contributed by atoms with Gasteiger partial charge in [-0.2, -0.15) is 0 Å². The molecule has 0 unspecified atom stereocenters. The van der Waals surface area contributed by atoms with Crippen LogP contribution in [-0.2, 0) is 9.59 Å². The van der Waals surface area contributed by atoms with Gasteiger partial charge in [-0.05, 0) is 30.2 Å². The third kappa shape index (κ3) is 3.35. The third-order valence-electron chi connectivity index (χ3n) is 3.32. The van der Waals surface area contributed by atoms with Crippen LogP contribution in [0.2, 0.25) is 0 Å². The molecule has 2 rings (SSSR count). The van der Waals surface area contributed by atoms with Gasteiger partial charge in [0.1, 0.15) is 5.82 Å². The summed E-state index contributed by atoms with van der Waals surface area (Å²) in [6.07, 6.45) is 0.210. The smallest absolute Gasteiger partial charge is 0.227 e. The summed E-state index contributed by atoms with van der Waals surface area (Å²) in [6.45, 7) is 5.00. The average molecular weight is 278 g/mol. The zero-order valence-corrected chi connectivity index (χ0v) is 11.7. The lowest BCUT2D eigenvalue weighted by Crippen LogP contribution is -2.35. The number of amides is 2. The van der Waals surface area contributed by atoms with Gasteiger partial charge in [0.15, 0.2) is 0 Å². The summed E-state index contributed by atoms with van der Waals surface area (Å²) in [6, 6.07) is 5.74. The second kappa shape index (κ2) is 6.03. The molecule has 1 N–H and O–H groups in total. The third-order valence-corrected chi connectivity index (χ3v) is 3.32. The molecule has 1 aliphatic heterocycles. The van der Waals surface area contributed by atoms with Gasteiger partial charge >= 0.3 is 0 Å². The largest absolute Gasteiger partial charge is 0.356 e. The second-order valence-corrected chi connectivity index (χ2v) is 5.52. The first-order valence-electron chi connectivity index (χ1n) is 6.81. The fourth-order valence-corrected chi connectivity index (χ4v) is 2.20. The Morgan fingerprint density at radius 3 is 2.65 bits per heavy atom. The number of hydrogen-bond acceptors (Lipinski definition) is 2. The Hall–Kier alpha value is -1.91. The van der Waals surface area contributed by atoms with Gasteiger partial charge in [0, 0.05) is 25.2 Å². The van der Waals surface area contributed by atoms with Gasteiger partial charge in [0.2, 0.25) is 11.8 Å². The van der Waals surface area contributed by atoms with E-state index in [-0.39, 0.29) is 30.0 Å². The molecule has 1 saturated heterocycles. The molecule has 0 saturated carbocycles. The fourth-order valence-electron chi connectivity index (χ4n) is 2.20. The Labute approximate surface area is 118 Å². The molecule has 0 bridgehead atoms. The van der Waals surface area contributed by atoms with Crippen LogP contribution >= 0.6 is 0 Å². The van der Waals surface area contributed by atoms with E-state index in [2.05, 4.69) is 5.32 Å². The predicted octanol–water partition coefficient (Wildman–Crippen LogP) is 1.95. The highest BCUT2D eigenvalue weighted by Crippen LogP contribution is 2.25. The SMILES string of the molecule is CC(C)CNC(=O)[C@@H]1CC(=O)N(c2ccc(F)cc2)C1. The van der Waals surface area contributed by atoms with Crippen LogP contribution < -0.4 is 10.2 Å². The molecule has 20 heavy (non-hydrogen) atoms. The van der Waals surface area contributed by atoms with Gasteiger partial charge in [-0.15, -0.1) is 0 Å². The van der Waals surface area contributed by atoms with Crippen molar-refractivity contribution in [2.75, 3.05) is 18.0 Å². The molecule has 108 valence electrons. The topological polar surface area (TPSA) is 49.4 Å². The minimum atomic E-state index is -0.341. The average Bonchev–Trinajstić information content (AvgIpc) is 2.79. The Bertz CT molecular complexity index is 499. The highest BCUT2D eigenvalue weighted by molar-refractivity contribution is 6.00. The molecule has 0 aliphatic carbocycles. The number of benzene rings is 1. The van der Waals surface area contributed by atoms with Crippen LogP contribution in [-0.4, -0.2) is 24.9 Å². The monoisotopic (exact) mass is 278 g/mol. The lowest BCUT2D eigenvalue weighted by atomic mass is 10.1. The summed E-state index contributed by atoms with van der Waals surface area (Å²) >= 11 is 0. The van der Waals surface area contributed by atoms with Gasteiger partial charge in [0.25, 0.3) is 0 Å². The number of rotatable bonds is 4. The molecule has 1 fully saturated rings. The molecule has 1 heterocycles. The highest BCUT2D eigenvalue weighted by Gasteiger charge is 2.34. The van der Waals surface area contributed by atoms with Gasteiger partial charge in [-0.3, -0.25) is 9.59 Å². The van der Waals surface area contributed by atoms with E-state index in [0.29, 0.717) is 24.7 Å². The Balaban J connectivity index is 2.00. The number of nitrogens with one attached hydrogen (secondary N) is 1. The van der Waals surface area contributed by atoms with Crippen molar-refractivity contribution in [2.45, 2.75) is 20.3 Å². The molecular weight excluding hydrogens is 259 g/mol. The Morgan fingerprint density at radius 2 is 2.05 bits per heavy atom. The van der Waals surface area contributed by atoms with Crippen LogP contribution in [0, 0.1) is 17.7 Å². The van der Waals surface area contributed by atoms with Crippen LogP contribution in [0.4, 0.5) is 10.1 Å². The first-order valence-corrected chi connectivity index (χ1v) is 6.81. The summed E-state index contributed by atoms with van der Waals surface area (Å²) in [5, 5.41) is 2.85. The fraction of sp³-hybridized carbons (Fsp3) is 0.467. The van der Waals surface area contributed by atoms with E-state index in [9.17, 15) is 14.0 Å². The minimum absolute atomic E-state index is 0.0864. The summed E-state index contributed by atoms with van der Waals surface area (Å²) in [5.41, 5.74) is 0.635. The van der Waals surface area contributed by atoms with Gasteiger partial charge in [-0.25, -0.2) is 4.39 Å². The maximum atomic E-state index is 12.9. The van der Waals surface area contributed by atoms with Crippen molar-refractivity contribution in [3.63, 3.8) is 0 Å². The van der Waals surface area contributed by atoms with E-state index in [1.165, 1.54) is 12.1 Å². The van der Waals surface area contributed by atoms with E-state index in [0.717, 1.165) is 0 Å². The molecule has 1 atom stereocenters. The summed E-state index contributed by atoms with van der Waals surface area (Å²) in [5.74, 6) is -0.472. The summed E-state index contributed by atoms with van der Waals surface area (Å²) < 4.78 is 12.9. The zero-order valence-electron chi connectivity index (χ0n) is 11.7. The molecular formula is C15H19FN2O2. The van der Waals surface area contributed by atoms with Crippen molar-refractivity contribution in [3.8, 4) is 0 Å². The maximum Gasteiger partial charge on any atom is 0.227 e. The maximum absolute atomic E-state index is 12.9. The first-order chi connectivity index (χ1) is 9.47. The molecule has 1 aliphatic rings. The second-order valence-electron chi connectivity index (χ2n) is 5.52. The molecule has 5 heteroatoms. The van der Waals surface area contributed by atoms with Crippen molar-refractivity contribution in [3.05, 3.63) is 30.1 Å². The van der Waals surface area contributed by atoms with E-state index in [4.69, 9.17) is 0 Å². The molecule has 1 aromatic carbocycles. The van der Waals surface area contributed by atoms with Crippen molar-refractivity contribution >= 4 is 17.5 Å². The summed E-state index contributed by atoms with van der Waals surface area (Å²) in [7, 11) is 0. The minimum Gasteiger partial charge on any atom is -0.356 e. The number of carbonyl (C=O) groups is 2. The van der Waals surface area contributed by atoms with Crippen molar-refractivity contribution in [1.29, 1.82) is 0 Å². The quantitative estimate of drug-likeness (QED) is 0.915. The number of nitrogens with zero attached hydrogens (tertiary/aromatic N) is 1. The Morgan fingerprint density at radius 1 is 1.40 bits per heavy atom. The van der Waals surface area contributed by atoms with Crippen LogP contribution in [0.15, 0.2) is 24.3 Å². The molecule has 0 radical (unpaired) electrons. The van der Waals surface area contributed by atoms with E-state index < -0.39 is 0 Å². The van der Waals surface area contributed by atoms with Crippen molar-refractivity contribution in [1.82, 2.24) is 5.32 Å². The normalized spacial score (nSPS) is 18.7. The first kappa shape index (κ1) is 14.5. The molecule has 0 spiro atoms. The lowest BCUT2D eigenvalue weighted by molar-refractivity contribution is -0.126. The van der Waals surface area contributed by atoms with Gasteiger partial charge < -0.3 is 10.2 Å².